The molecule has 7 heteroatoms. The minimum atomic E-state index is -1.25. The summed E-state index contributed by atoms with van der Waals surface area (Å²) in [5, 5.41) is 0. The molecule has 0 N–H and O–H groups in total. The lowest BCUT2D eigenvalue weighted by Gasteiger charge is -2.15. The van der Waals surface area contributed by atoms with E-state index in [1.165, 1.54) is 6.92 Å². The molecule has 0 rings (SSSR count). The van der Waals surface area contributed by atoms with Gasteiger partial charge >= 0.3 is 12.1 Å². The molecule has 18 heavy (non-hydrogen) atoms. The van der Waals surface area contributed by atoms with Gasteiger partial charge in [0.1, 0.15) is 11.9 Å². The van der Waals surface area contributed by atoms with E-state index in [9.17, 15) is 14.4 Å². The third-order valence-electron chi connectivity index (χ3n) is 1.29. The third-order valence-corrected chi connectivity index (χ3v) is 1.29. The zero-order valence-electron chi connectivity index (χ0n) is 10.7. The van der Waals surface area contributed by atoms with Crippen LogP contribution in [0.5, 0.6) is 0 Å². The van der Waals surface area contributed by atoms with Gasteiger partial charge in [0.25, 0.3) is 0 Å². The molecule has 0 atom stereocenters. The van der Waals surface area contributed by atoms with Gasteiger partial charge in [0.15, 0.2) is 12.9 Å². The number of carbonyl (C=O) groups excluding carboxylic acids is 3. The lowest BCUT2D eigenvalue weighted by molar-refractivity contribution is -0.310. The molecule has 7 nitrogen and oxygen atoms in total. The Kier molecular flexibility index (Phi) is 6.66. The van der Waals surface area contributed by atoms with E-state index in [1.807, 2.05) is 0 Å². The Bertz CT molecular complexity index is 338. The summed E-state index contributed by atoms with van der Waals surface area (Å²) in [5.74, 6) is -0.955. The van der Waals surface area contributed by atoms with Gasteiger partial charge < -0.3 is 14.4 Å². The Balaban J connectivity index is 4.13. The third kappa shape index (κ3) is 8.28. The van der Waals surface area contributed by atoms with E-state index >= 15 is 0 Å². The number of carbonyl (C=O) groups is 3. The maximum absolute atomic E-state index is 11.3. The van der Waals surface area contributed by atoms with Crippen LogP contribution in [-0.4, -0.2) is 30.6 Å². The van der Waals surface area contributed by atoms with E-state index in [4.69, 9.17) is 4.89 Å². The molecular formula is C11H16O7. The van der Waals surface area contributed by atoms with E-state index in [2.05, 4.69) is 14.4 Å². The van der Waals surface area contributed by atoms with Gasteiger partial charge in [0, 0.05) is 0 Å². The molecule has 0 aliphatic carbocycles. The molecule has 0 aromatic rings. The fraction of sp³-hybridized carbons (Fsp3) is 0.545. The minimum absolute atomic E-state index is 0.00213. The monoisotopic (exact) mass is 260 g/mol. The predicted octanol–water partition coefficient (Wildman–Crippen LogP) is 1.52. The van der Waals surface area contributed by atoms with E-state index in [0.29, 0.717) is 6.29 Å². The van der Waals surface area contributed by atoms with Gasteiger partial charge in [-0.3, -0.25) is 4.79 Å². The Morgan fingerprint density at radius 2 is 1.83 bits per heavy atom. The first-order chi connectivity index (χ1) is 8.26. The molecule has 0 spiro atoms. The number of aldehydes is 1. The molecule has 0 bridgehead atoms. The van der Waals surface area contributed by atoms with Gasteiger partial charge in [-0.1, -0.05) is 0 Å². The van der Waals surface area contributed by atoms with E-state index in [-0.39, 0.29) is 5.57 Å². The molecule has 0 aromatic heterocycles. The number of esters is 1. The van der Waals surface area contributed by atoms with Crippen LogP contribution in [0.4, 0.5) is 4.79 Å². The smallest absolute Gasteiger partial charge is 0.426 e. The second-order valence-corrected chi connectivity index (χ2v) is 4.21. The zero-order valence-corrected chi connectivity index (χ0v) is 10.7. The average Bonchev–Trinajstić information content (AvgIpc) is 2.24. The SMILES string of the molecule is CC(=COOC(C)(C)C)C(=O)OC(=O)OCC=O. The molecule has 0 heterocycles. The maximum Gasteiger partial charge on any atom is 0.516 e. The van der Waals surface area contributed by atoms with Crippen LogP contribution in [0.3, 0.4) is 0 Å². The van der Waals surface area contributed by atoms with E-state index in [1.54, 1.807) is 20.8 Å². The topological polar surface area (TPSA) is 88.1 Å². The zero-order chi connectivity index (χ0) is 14.2. The summed E-state index contributed by atoms with van der Waals surface area (Å²) in [6.45, 7) is 6.15. The molecule has 0 unspecified atom stereocenters. The molecular weight excluding hydrogens is 244 g/mol. The first-order valence-corrected chi connectivity index (χ1v) is 5.10. The van der Waals surface area contributed by atoms with Crippen molar-refractivity contribution in [3.05, 3.63) is 11.8 Å². The van der Waals surface area contributed by atoms with Crippen molar-refractivity contribution in [3.63, 3.8) is 0 Å². The van der Waals surface area contributed by atoms with Crippen molar-refractivity contribution in [1.82, 2.24) is 0 Å². The summed E-state index contributed by atoms with van der Waals surface area (Å²) in [7, 11) is 0. The highest BCUT2D eigenvalue weighted by atomic mass is 17.2. The van der Waals surface area contributed by atoms with Gasteiger partial charge in [-0.15, -0.1) is 0 Å². The first-order valence-electron chi connectivity index (χ1n) is 5.10. The standard InChI is InChI=1S/C11H16O7/c1-8(7-16-18-11(2,3)4)9(13)17-10(14)15-6-5-12/h5,7H,6H2,1-4H3. The van der Waals surface area contributed by atoms with Crippen LogP contribution >= 0.6 is 0 Å². The Morgan fingerprint density at radius 1 is 1.22 bits per heavy atom. The largest absolute Gasteiger partial charge is 0.516 e. The lowest BCUT2D eigenvalue weighted by Crippen LogP contribution is -2.19. The van der Waals surface area contributed by atoms with Crippen LogP contribution in [0.25, 0.3) is 0 Å². The van der Waals surface area contributed by atoms with Gasteiger partial charge in [-0.05, 0) is 27.7 Å². The normalized spacial score (nSPS) is 11.7. The summed E-state index contributed by atoms with van der Waals surface area (Å²) in [4.78, 5) is 41.5. The van der Waals surface area contributed by atoms with Gasteiger partial charge in [0.2, 0.25) is 0 Å². The summed E-state index contributed by atoms with van der Waals surface area (Å²) >= 11 is 0. The molecule has 0 fully saturated rings. The van der Waals surface area contributed by atoms with Crippen molar-refractivity contribution in [3.8, 4) is 0 Å². The number of ether oxygens (including phenoxy) is 2. The van der Waals surface area contributed by atoms with Gasteiger partial charge in [-0.25, -0.2) is 9.59 Å². The summed E-state index contributed by atoms with van der Waals surface area (Å²) in [5.41, 5.74) is -0.536. The summed E-state index contributed by atoms with van der Waals surface area (Å²) in [6.07, 6.45) is 0.103. The van der Waals surface area contributed by atoms with Crippen LogP contribution in [0.15, 0.2) is 11.8 Å². The predicted molar refractivity (Wildman–Crippen MR) is 59.2 cm³/mol. The van der Waals surface area contributed by atoms with Crippen molar-refractivity contribution >= 4 is 18.4 Å². The highest BCUT2D eigenvalue weighted by Crippen LogP contribution is 2.08. The fourth-order valence-corrected chi connectivity index (χ4v) is 0.576. The molecule has 0 aliphatic heterocycles. The second-order valence-electron chi connectivity index (χ2n) is 4.21. The molecule has 102 valence electrons. The lowest BCUT2D eigenvalue weighted by atomic mass is 10.2. The Labute approximate surface area is 105 Å². The number of hydrogen-bond acceptors (Lipinski definition) is 7. The number of rotatable bonds is 5. The molecule has 0 saturated carbocycles. The highest BCUT2D eigenvalue weighted by molar-refractivity contribution is 5.93. The van der Waals surface area contributed by atoms with Crippen molar-refractivity contribution in [1.29, 1.82) is 0 Å². The van der Waals surface area contributed by atoms with E-state index in [0.717, 1.165) is 6.26 Å². The summed E-state index contributed by atoms with van der Waals surface area (Å²) < 4.78 is 8.46. The van der Waals surface area contributed by atoms with Crippen molar-refractivity contribution in [2.75, 3.05) is 6.61 Å². The van der Waals surface area contributed by atoms with Crippen LogP contribution in [0.2, 0.25) is 0 Å². The first kappa shape index (κ1) is 16.1. The second kappa shape index (κ2) is 7.44. The molecule has 0 aliphatic rings. The van der Waals surface area contributed by atoms with Crippen LogP contribution < -0.4 is 0 Å². The fourth-order valence-electron chi connectivity index (χ4n) is 0.576. The molecule has 0 amide bonds. The quantitative estimate of drug-likeness (QED) is 0.141. The van der Waals surface area contributed by atoms with Crippen LogP contribution in [-0.2, 0) is 28.8 Å². The number of hydrogen-bond donors (Lipinski definition) is 0. The van der Waals surface area contributed by atoms with Crippen molar-refractivity contribution in [2.24, 2.45) is 0 Å². The van der Waals surface area contributed by atoms with Gasteiger partial charge in [-0.2, -0.15) is 4.89 Å². The average molecular weight is 260 g/mol. The van der Waals surface area contributed by atoms with Crippen molar-refractivity contribution < 1.29 is 33.6 Å². The summed E-state index contributed by atoms with van der Waals surface area (Å²) in [6, 6.07) is 0. The van der Waals surface area contributed by atoms with Crippen LogP contribution in [0, 0.1) is 0 Å². The Morgan fingerprint density at radius 3 is 2.33 bits per heavy atom. The van der Waals surface area contributed by atoms with Gasteiger partial charge in [0.05, 0.1) is 5.57 Å². The molecule has 0 radical (unpaired) electrons. The molecule has 0 saturated heterocycles. The van der Waals surface area contributed by atoms with Crippen LogP contribution in [0.1, 0.15) is 27.7 Å². The Hall–Kier alpha value is -1.89. The minimum Gasteiger partial charge on any atom is -0.426 e. The molecule has 0 aromatic carbocycles. The maximum atomic E-state index is 11.3. The van der Waals surface area contributed by atoms with Crippen molar-refractivity contribution in [2.45, 2.75) is 33.3 Å². The van der Waals surface area contributed by atoms with E-state index < -0.39 is 24.3 Å². The highest BCUT2D eigenvalue weighted by Gasteiger charge is 2.15.